The highest BCUT2D eigenvalue weighted by atomic mass is 31.2. The van der Waals surface area contributed by atoms with Gasteiger partial charge in [0, 0.05) is 6.42 Å². The molecule has 0 aromatic carbocycles. The normalized spacial score (nSPS) is 13.7. The Labute approximate surface area is 544 Å². The number of likely N-dealkylation sites (N-methyl/N-ethyl adjacent to an activating group) is 1. The van der Waals surface area contributed by atoms with Crippen molar-refractivity contribution in [3.8, 4) is 0 Å². The van der Waals surface area contributed by atoms with Crippen molar-refractivity contribution in [3.05, 3.63) is 36.5 Å². The van der Waals surface area contributed by atoms with Gasteiger partial charge in [-0.3, -0.25) is 9.36 Å². The van der Waals surface area contributed by atoms with Crippen LogP contribution in [0.4, 0.5) is 0 Å². The number of aliphatic hydroxyl groups is 1. The van der Waals surface area contributed by atoms with Crippen LogP contribution in [-0.4, -0.2) is 68.5 Å². The lowest BCUT2D eigenvalue weighted by molar-refractivity contribution is -0.870. The second-order valence-corrected chi connectivity index (χ2v) is 29.5. The number of amides is 1. The number of phosphoric acid groups is 1. The summed E-state index contributed by atoms with van der Waals surface area (Å²) in [5.41, 5.74) is 0. The molecule has 0 heterocycles. The molecule has 1 amide bonds. The summed E-state index contributed by atoms with van der Waals surface area (Å²) in [4.78, 5) is 25.7. The molecule has 2 N–H and O–H groups in total. The fourth-order valence-corrected chi connectivity index (χ4v) is 12.8. The van der Waals surface area contributed by atoms with E-state index in [9.17, 15) is 19.4 Å². The number of carbonyl (C=O) groups is 1. The average molecular weight is 1250 g/mol. The van der Waals surface area contributed by atoms with E-state index in [1.807, 2.05) is 27.2 Å². The summed E-state index contributed by atoms with van der Waals surface area (Å²) in [6.45, 7) is 4.71. The monoisotopic (exact) mass is 1250 g/mol. The highest BCUT2D eigenvalue weighted by Gasteiger charge is 2.23. The van der Waals surface area contributed by atoms with Gasteiger partial charge in [0.05, 0.1) is 39.9 Å². The Hall–Kier alpha value is -1.28. The molecule has 0 bridgehead atoms. The Kier molecular flexibility index (Phi) is 68.1. The van der Waals surface area contributed by atoms with Crippen molar-refractivity contribution >= 4 is 13.7 Å². The number of aliphatic hydroxyl groups excluding tert-OH is 1. The van der Waals surface area contributed by atoms with E-state index in [0.717, 1.165) is 44.9 Å². The minimum Gasteiger partial charge on any atom is -0.756 e. The third kappa shape index (κ3) is 72.0. The molecule has 3 atom stereocenters. The fourth-order valence-electron chi connectivity index (χ4n) is 12.1. The first kappa shape index (κ1) is 85.7. The highest BCUT2D eigenvalue weighted by molar-refractivity contribution is 7.45. The molecular formula is C78H153N2O6P. The van der Waals surface area contributed by atoms with Crippen molar-refractivity contribution in [2.75, 3.05) is 40.9 Å². The predicted octanol–water partition coefficient (Wildman–Crippen LogP) is 24.5. The molecular weight excluding hydrogens is 1090 g/mol. The van der Waals surface area contributed by atoms with E-state index >= 15 is 0 Å². The summed E-state index contributed by atoms with van der Waals surface area (Å²) >= 11 is 0. The van der Waals surface area contributed by atoms with Gasteiger partial charge >= 0.3 is 0 Å². The molecule has 0 fully saturated rings. The number of phosphoric ester groups is 1. The molecule has 0 saturated heterocycles. The smallest absolute Gasteiger partial charge is 0.268 e. The van der Waals surface area contributed by atoms with Gasteiger partial charge in [-0.25, -0.2) is 0 Å². The quantitative estimate of drug-likeness (QED) is 0.0272. The Morgan fingerprint density at radius 1 is 0.402 bits per heavy atom. The maximum atomic E-state index is 13.1. The van der Waals surface area contributed by atoms with Gasteiger partial charge in [-0.1, -0.05) is 384 Å². The van der Waals surface area contributed by atoms with Crippen molar-refractivity contribution in [2.24, 2.45) is 0 Å². The molecule has 87 heavy (non-hydrogen) atoms. The molecule has 516 valence electrons. The number of quaternary nitrogens is 1. The van der Waals surface area contributed by atoms with E-state index in [4.69, 9.17) is 9.05 Å². The first-order valence-electron chi connectivity index (χ1n) is 38.9. The van der Waals surface area contributed by atoms with E-state index in [1.54, 1.807) is 6.08 Å². The first-order chi connectivity index (χ1) is 42.5. The number of allylic oxidation sites excluding steroid dienone is 5. The molecule has 8 nitrogen and oxygen atoms in total. The molecule has 0 aromatic heterocycles. The summed E-state index contributed by atoms with van der Waals surface area (Å²) in [6, 6.07) is -0.887. The van der Waals surface area contributed by atoms with Crippen LogP contribution in [0, 0.1) is 0 Å². The fraction of sp³-hybridized carbons (Fsp3) is 0.910. The van der Waals surface area contributed by atoms with Gasteiger partial charge in [-0.05, 0) is 51.4 Å². The van der Waals surface area contributed by atoms with Crippen molar-refractivity contribution < 1.29 is 32.9 Å². The van der Waals surface area contributed by atoms with Gasteiger partial charge in [0.15, 0.2) is 0 Å². The number of nitrogens with one attached hydrogen (secondary N) is 1. The Balaban J connectivity index is 3.96. The van der Waals surface area contributed by atoms with Crippen LogP contribution >= 0.6 is 7.82 Å². The van der Waals surface area contributed by atoms with Crippen LogP contribution in [0.15, 0.2) is 36.5 Å². The first-order valence-corrected chi connectivity index (χ1v) is 40.3. The number of unbranched alkanes of at least 4 members (excludes halogenated alkanes) is 56. The van der Waals surface area contributed by atoms with Crippen molar-refractivity contribution in [1.82, 2.24) is 5.32 Å². The molecule has 0 aliphatic rings. The van der Waals surface area contributed by atoms with Gasteiger partial charge in [-0.2, -0.15) is 0 Å². The van der Waals surface area contributed by atoms with Crippen LogP contribution in [0.2, 0.25) is 0 Å². The summed E-state index contributed by atoms with van der Waals surface area (Å²) in [5.74, 6) is -0.188. The number of carbonyl (C=O) groups excluding carboxylic acids is 1. The summed E-state index contributed by atoms with van der Waals surface area (Å²) in [6.07, 6.45) is 93.0. The van der Waals surface area contributed by atoms with Gasteiger partial charge in [-0.15, -0.1) is 0 Å². The van der Waals surface area contributed by atoms with Crippen LogP contribution in [0.25, 0.3) is 0 Å². The topological polar surface area (TPSA) is 108 Å². The Morgan fingerprint density at radius 2 is 0.667 bits per heavy atom. The zero-order valence-electron chi connectivity index (χ0n) is 59.3. The summed E-state index contributed by atoms with van der Waals surface area (Å²) in [7, 11) is 1.28. The standard InChI is InChI=1S/C78H153N2O6P/c1-6-8-10-12-14-16-18-20-22-24-26-28-30-32-34-36-38-39-40-41-42-44-46-48-50-52-54-56-58-60-62-64-66-68-70-72-78(82)79-76(75-86-87(83,84)85-74-73-80(3,4)5)77(81)71-69-67-65-63-61-59-57-55-53-51-49-47-45-43-37-35-33-31-29-27-25-23-21-19-17-15-13-11-9-7-2/h18,20,24,26,69,71,76-77,81H,6-17,19,21-23,25,27-68,70,72-75H2,1-5H3,(H-,79,82,83,84)/b20-18-,26-24-,71-69+. The second-order valence-electron chi connectivity index (χ2n) is 28.1. The Morgan fingerprint density at radius 3 is 0.954 bits per heavy atom. The zero-order valence-corrected chi connectivity index (χ0v) is 60.2. The van der Waals surface area contributed by atoms with Crippen molar-refractivity contribution in [3.63, 3.8) is 0 Å². The predicted molar refractivity (Wildman–Crippen MR) is 381 cm³/mol. The van der Waals surface area contributed by atoms with Crippen molar-refractivity contribution in [1.29, 1.82) is 0 Å². The number of nitrogens with zero attached hydrogens (tertiary/aromatic N) is 1. The number of rotatable bonds is 73. The van der Waals surface area contributed by atoms with Crippen LogP contribution in [0.3, 0.4) is 0 Å². The van der Waals surface area contributed by atoms with Crippen LogP contribution in [-0.2, 0) is 18.4 Å². The molecule has 0 spiro atoms. The second kappa shape index (κ2) is 69.1. The van der Waals surface area contributed by atoms with E-state index in [2.05, 4.69) is 43.5 Å². The molecule has 0 saturated carbocycles. The summed E-state index contributed by atoms with van der Waals surface area (Å²) in [5, 5.41) is 14.0. The lowest BCUT2D eigenvalue weighted by Gasteiger charge is -2.29. The Bertz CT molecular complexity index is 1510. The van der Waals surface area contributed by atoms with E-state index in [0.29, 0.717) is 17.4 Å². The van der Waals surface area contributed by atoms with E-state index < -0.39 is 20.0 Å². The molecule has 0 radical (unpaired) electrons. The van der Waals surface area contributed by atoms with Crippen LogP contribution in [0.1, 0.15) is 406 Å². The number of hydrogen-bond donors (Lipinski definition) is 2. The minimum absolute atomic E-state index is 0.00160. The molecule has 0 aliphatic heterocycles. The molecule has 3 unspecified atom stereocenters. The van der Waals surface area contributed by atoms with Crippen LogP contribution < -0.4 is 10.2 Å². The molecule has 0 aliphatic carbocycles. The lowest BCUT2D eigenvalue weighted by Crippen LogP contribution is -2.45. The van der Waals surface area contributed by atoms with E-state index in [1.165, 1.54) is 340 Å². The zero-order chi connectivity index (χ0) is 63.4. The van der Waals surface area contributed by atoms with Gasteiger partial charge in [0.25, 0.3) is 7.82 Å². The maximum absolute atomic E-state index is 13.1. The van der Waals surface area contributed by atoms with Gasteiger partial charge < -0.3 is 28.8 Å². The largest absolute Gasteiger partial charge is 0.756 e. The maximum Gasteiger partial charge on any atom is 0.268 e. The third-order valence-electron chi connectivity index (χ3n) is 18.1. The van der Waals surface area contributed by atoms with Gasteiger partial charge in [0.1, 0.15) is 13.2 Å². The minimum atomic E-state index is -4.60. The molecule has 0 rings (SSSR count). The molecule has 9 heteroatoms. The van der Waals surface area contributed by atoms with Crippen molar-refractivity contribution in [2.45, 2.75) is 418 Å². The SMILES string of the molecule is CCCCCCC/C=C\C/C=C\CCCCCCCCCCCCCCCCCCCCCCCCCC(=O)NC(COP(=O)([O-])OCC[N+](C)(C)C)C(O)/C=C/CCCCCCCCCCCCCCCCCCCCCCCCCCCCCC. The summed E-state index contributed by atoms with van der Waals surface area (Å²) < 4.78 is 23.5. The number of hydrogen-bond acceptors (Lipinski definition) is 6. The third-order valence-corrected chi connectivity index (χ3v) is 19.1. The van der Waals surface area contributed by atoms with Crippen LogP contribution in [0.5, 0.6) is 0 Å². The highest BCUT2D eigenvalue weighted by Crippen LogP contribution is 2.38. The molecule has 0 aromatic rings. The average Bonchev–Trinajstić information content (AvgIpc) is 3.70. The lowest BCUT2D eigenvalue weighted by atomic mass is 10.0. The van der Waals surface area contributed by atoms with Gasteiger partial charge in [0.2, 0.25) is 5.91 Å². The van der Waals surface area contributed by atoms with E-state index in [-0.39, 0.29) is 19.1 Å².